The molecule has 2 aliphatic rings. The third-order valence-electron chi connectivity index (χ3n) is 5.55. The number of carbonyl (C=O) groups excluding carboxylic acids is 2. The Morgan fingerprint density at radius 3 is 2.85 bits per heavy atom. The molecule has 1 fully saturated rings. The van der Waals surface area contributed by atoms with Crippen LogP contribution in [-0.2, 0) is 10.2 Å². The van der Waals surface area contributed by atoms with E-state index >= 15 is 0 Å². The lowest BCUT2D eigenvalue weighted by atomic mass is 9.75. The highest BCUT2D eigenvalue weighted by Crippen LogP contribution is 2.46. The Morgan fingerprint density at radius 2 is 2.04 bits per heavy atom. The van der Waals surface area contributed by atoms with Crippen LogP contribution < -0.4 is 10.2 Å². The molecule has 0 radical (unpaired) electrons. The van der Waals surface area contributed by atoms with Crippen molar-refractivity contribution in [1.29, 1.82) is 0 Å². The first-order valence-corrected chi connectivity index (χ1v) is 8.88. The van der Waals surface area contributed by atoms with Gasteiger partial charge in [0.15, 0.2) is 0 Å². The summed E-state index contributed by atoms with van der Waals surface area (Å²) < 4.78 is 0. The van der Waals surface area contributed by atoms with Gasteiger partial charge in [0.05, 0.1) is 11.0 Å². The number of aromatic nitrogens is 1. The molecular formula is C20H22N4O2. The molecule has 1 aromatic carbocycles. The monoisotopic (exact) mass is 350 g/mol. The van der Waals surface area contributed by atoms with Crippen LogP contribution >= 0.6 is 0 Å². The van der Waals surface area contributed by atoms with Crippen LogP contribution in [0.3, 0.4) is 0 Å². The quantitative estimate of drug-likeness (QED) is 0.902. The van der Waals surface area contributed by atoms with Crippen LogP contribution in [-0.4, -0.2) is 48.9 Å². The zero-order valence-corrected chi connectivity index (χ0v) is 15.0. The minimum atomic E-state index is -0.638. The molecule has 0 aliphatic carbocycles. The summed E-state index contributed by atoms with van der Waals surface area (Å²) >= 11 is 0. The number of likely N-dealkylation sites (N-methyl/N-ethyl adjacent to an activating group) is 1. The summed E-state index contributed by atoms with van der Waals surface area (Å²) in [5.74, 6) is 0.560. The third kappa shape index (κ3) is 2.29. The number of anilines is 2. The first kappa shape index (κ1) is 16.6. The molecule has 2 aliphatic heterocycles. The van der Waals surface area contributed by atoms with Gasteiger partial charge in [0.1, 0.15) is 5.82 Å². The number of benzene rings is 1. The summed E-state index contributed by atoms with van der Waals surface area (Å²) in [5, 5.41) is 2.97. The highest BCUT2D eigenvalue weighted by Gasteiger charge is 2.52. The number of hydrogen-bond donors (Lipinski definition) is 1. The number of fused-ring (bicyclic) bond motifs is 2. The summed E-state index contributed by atoms with van der Waals surface area (Å²) in [7, 11) is 3.57. The summed E-state index contributed by atoms with van der Waals surface area (Å²) in [4.78, 5) is 34.0. The minimum absolute atomic E-state index is 0.0798. The van der Waals surface area contributed by atoms with Gasteiger partial charge in [0.2, 0.25) is 5.91 Å². The second kappa shape index (κ2) is 6.12. The fourth-order valence-corrected chi connectivity index (χ4v) is 4.29. The molecule has 1 aromatic heterocycles. The van der Waals surface area contributed by atoms with Gasteiger partial charge in [-0.05, 0) is 36.6 Å². The Kier molecular flexibility index (Phi) is 3.90. The normalized spacial score (nSPS) is 21.8. The standard InChI is InChI=1S/C20H22N4O2/c1-21-17-14(7-5-11-22-17)18(25)24-12-6-10-20(13-24)15-8-3-4-9-16(15)23(2)19(20)26/h3-5,7-9,11H,6,10,12-13H2,1-2H3,(H,21,22)/t20-/m1/s1. The number of amides is 2. The predicted octanol–water partition coefficient (Wildman–Crippen LogP) is 2.27. The van der Waals surface area contributed by atoms with E-state index in [4.69, 9.17) is 0 Å². The van der Waals surface area contributed by atoms with Gasteiger partial charge >= 0.3 is 0 Å². The van der Waals surface area contributed by atoms with Crippen LogP contribution in [0.4, 0.5) is 11.5 Å². The summed E-state index contributed by atoms with van der Waals surface area (Å²) in [6.45, 7) is 1.06. The van der Waals surface area contributed by atoms with Crippen LogP contribution in [0.5, 0.6) is 0 Å². The van der Waals surface area contributed by atoms with E-state index in [-0.39, 0.29) is 11.8 Å². The van der Waals surface area contributed by atoms with Crippen LogP contribution in [0.15, 0.2) is 42.6 Å². The Labute approximate surface area is 152 Å². The molecule has 3 heterocycles. The number of carbonyl (C=O) groups is 2. The van der Waals surface area contributed by atoms with Gasteiger partial charge in [-0.2, -0.15) is 0 Å². The summed E-state index contributed by atoms with van der Waals surface area (Å²) in [6.07, 6.45) is 3.23. The van der Waals surface area contributed by atoms with Gasteiger partial charge in [0, 0.05) is 39.1 Å². The lowest BCUT2D eigenvalue weighted by Crippen LogP contribution is -2.53. The van der Waals surface area contributed by atoms with E-state index in [0.29, 0.717) is 24.5 Å². The van der Waals surface area contributed by atoms with Crippen molar-refractivity contribution in [2.24, 2.45) is 0 Å². The Hall–Kier alpha value is -2.89. The van der Waals surface area contributed by atoms with Crippen molar-refractivity contribution < 1.29 is 9.59 Å². The third-order valence-corrected chi connectivity index (χ3v) is 5.55. The van der Waals surface area contributed by atoms with Gasteiger partial charge in [-0.25, -0.2) is 4.98 Å². The summed E-state index contributed by atoms with van der Waals surface area (Å²) in [5.41, 5.74) is 1.88. The molecule has 1 spiro atoms. The highest BCUT2D eigenvalue weighted by atomic mass is 16.2. The maximum atomic E-state index is 13.1. The van der Waals surface area contributed by atoms with E-state index in [1.54, 1.807) is 35.2 Å². The van der Waals surface area contributed by atoms with E-state index in [1.807, 2.05) is 31.3 Å². The van der Waals surface area contributed by atoms with Gasteiger partial charge in [-0.1, -0.05) is 18.2 Å². The maximum Gasteiger partial charge on any atom is 0.257 e. The molecule has 134 valence electrons. The van der Waals surface area contributed by atoms with Crippen molar-refractivity contribution in [3.63, 3.8) is 0 Å². The van der Waals surface area contributed by atoms with Crippen molar-refractivity contribution in [2.45, 2.75) is 18.3 Å². The zero-order valence-electron chi connectivity index (χ0n) is 15.0. The molecule has 2 amide bonds. The average Bonchev–Trinajstić information content (AvgIpc) is 2.90. The fourth-order valence-electron chi connectivity index (χ4n) is 4.29. The number of para-hydroxylation sites is 1. The molecule has 6 nitrogen and oxygen atoms in total. The first-order valence-electron chi connectivity index (χ1n) is 8.88. The van der Waals surface area contributed by atoms with Gasteiger partial charge in [-0.15, -0.1) is 0 Å². The van der Waals surface area contributed by atoms with Crippen molar-refractivity contribution in [2.75, 3.05) is 37.4 Å². The van der Waals surface area contributed by atoms with Crippen LogP contribution in [0.1, 0.15) is 28.8 Å². The molecule has 0 saturated carbocycles. The number of nitrogens with one attached hydrogen (secondary N) is 1. The Balaban J connectivity index is 1.70. The number of rotatable bonds is 2. The molecule has 1 saturated heterocycles. The van der Waals surface area contributed by atoms with Gasteiger partial charge < -0.3 is 15.1 Å². The van der Waals surface area contributed by atoms with Crippen LogP contribution in [0.25, 0.3) is 0 Å². The van der Waals surface area contributed by atoms with Crippen molar-refractivity contribution >= 4 is 23.3 Å². The van der Waals surface area contributed by atoms with Gasteiger partial charge in [0.25, 0.3) is 5.91 Å². The number of likely N-dealkylation sites (tertiary alicyclic amines) is 1. The Morgan fingerprint density at radius 1 is 1.23 bits per heavy atom. The average molecular weight is 350 g/mol. The number of hydrogen-bond acceptors (Lipinski definition) is 4. The molecule has 1 N–H and O–H groups in total. The maximum absolute atomic E-state index is 13.1. The van der Waals surface area contributed by atoms with Crippen molar-refractivity contribution in [1.82, 2.24) is 9.88 Å². The van der Waals surface area contributed by atoms with Crippen LogP contribution in [0.2, 0.25) is 0 Å². The lowest BCUT2D eigenvalue weighted by Gasteiger charge is -2.39. The first-order chi connectivity index (χ1) is 12.6. The van der Waals surface area contributed by atoms with E-state index < -0.39 is 5.41 Å². The molecule has 0 bridgehead atoms. The SMILES string of the molecule is CNc1ncccc1C(=O)N1CCC[C@]2(C1)C(=O)N(C)c1ccccc12. The van der Waals surface area contributed by atoms with Crippen molar-refractivity contribution in [3.05, 3.63) is 53.7 Å². The molecule has 6 heteroatoms. The molecule has 1 atom stereocenters. The lowest BCUT2D eigenvalue weighted by molar-refractivity contribution is -0.124. The molecular weight excluding hydrogens is 328 g/mol. The smallest absolute Gasteiger partial charge is 0.257 e. The van der Waals surface area contributed by atoms with E-state index in [2.05, 4.69) is 10.3 Å². The fraction of sp³-hybridized carbons (Fsp3) is 0.350. The minimum Gasteiger partial charge on any atom is -0.372 e. The zero-order chi connectivity index (χ0) is 18.3. The molecule has 0 unspecified atom stereocenters. The topological polar surface area (TPSA) is 65.5 Å². The molecule has 2 aromatic rings. The largest absolute Gasteiger partial charge is 0.372 e. The van der Waals surface area contributed by atoms with Crippen molar-refractivity contribution in [3.8, 4) is 0 Å². The Bertz CT molecular complexity index is 882. The van der Waals surface area contributed by atoms with Crippen LogP contribution in [0, 0.1) is 0 Å². The second-order valence-electron chi connectivity index (χ2n) is 6.94. The number of pyridine rings is 1. The predicted molar refractivity (Wildman–Crippen MR) is 100 cm³/mol. The van der Waals surface area contributed by atoms with E-state index in [9.17, 15) is 9.59 Å². The highest BCUT2D eigenvalue weighted by molar-refractivity contribution is 6.08. The number of piperidine rings is 1. The molecule has 26 heavy (non-hydrogen) atoms. The second-order valence-corrected chi connectivity index (χ2v) is 6.94. The van der Waals surface area contributed by atoms with Gasteiger partial charge in [-0.3, -0.25) is 9.59 Å². The van der Waals surface area contributed by atoms with E-state index in [1.165, 1.54) is 0 Å². The summed E-state index contributed by atoms with van der Waals surface area (Å²) in [6, 6.07) is 11.4. The van der Waals surface area contributed by atoms with E-state index in [0.717, 1.165) is 24.1 Å². The number of nitrogens with zero attached hydrogens (tertiary/aromatic N) is 3. The molecule has 4 rings (SSSR count).